The van der Waals surface area contributed by atoms with Gasteiger partial charge in [0.05, 0.1) is 6.04 Å². The number of amides is 1. The summed E-state index contributed by atoms with van der Waals surface area (Å²) in [4.78, 5) is 13.6. The lowest BCUT2D eigenvalue weighted by molar-refractivity contribution is -0.122. The molecule has 25 heavy (non-hydrogen) atoms. The Kier molecular flexibility index (Phi) is 4.88. The van der Waals surface area contributed by atoms with Crippen LogP contribution < -0.4 is 5.32 Å². The minimum Gasteiger partial charge on any atom is -0.348 e. The van der Waals surface area contributed by atoms with Gasteiger partial charge >= 0.3 is 0 Å². The van der Waals surface area contributed by atoms with Gasteiger partial charge in [-0.25, -0.2) is 0 Å². The van der Waals surface area contributed by atoms with E-state index in [1.807, 2.05) is 43.3 Å². The summed E-state index contributed by atoms with van der Waals surface area (Å²) >= 11 is 0. The van der Waals surface area contributed by atoms with Gasteiger partial charge in [-0.3, -0.25) is 4.79 Å². The van der Waals surface area contributed by atoms with E-state index in [0.717, 1.165) is 11.1 Å². The number of benzene rings is 2. The number of nitrogens with one attached hydrogen (secondary N) is 1. The number of carbonyl (C=O) groups excluding carboxylic acids is 1. The smallest absolute Gasteiger partial charge is 0.244 e. The molecule has 6 nitrogen and oxygen atoms in total. The van der Waals surface area contributed by atoms with E-state index in [2.05, 4.69) is 46.7 Å². The highest BCUT2D eigenvalue weighted by Gasteiger charge is 2.13. The molecule has 0 aliphatic rings. The fourth-order valence-corrected chi connectivity index (χ4v) is 2.55. The third kappa shape index (κ3) is 4.09. The topological polar surface area (TPSA) is 72.7 Å². The Morgan fingerprint density at radius 2 is 1.88 bits per heavy atom. The number of hydrogen-bond donors (Lipinski definition) is 1. The summed E-state index contributed by atoms with van der Waals surface area (Å²) in [5.74, 6) is 0.360. The molecule has 3 aromatic rings. The Morgan fingerprint density at radius 1 is 1.12 bits per heavy atom. The Morgan fingerprint density at radius 3 is 2.60 bits per heavy atom. The summed E-state index contributed by atoms with van der Waals surface area (Å²) in [5, 5.41) is 15.2. The van der Waals surface area contributed by atoms with E-state index in [9.17, 15) is 4.79 Å². The summed E-state index contributed by atoms with van der Waals surface area (Å²) in [6.45, 7) is 6.14. The molecular weight excluding hydrogens is 314 g/mol. The Hall–Kier alpha value is -3.02. The van der Waals surface area contributed by atoms with Crippen molar-refractivity contribution in [1.82, 2.24) is 25.5 Å². The van der Waals surface area contributed by atoms with Gasteiger partial charge in [-0.1, -0.05) is 48.5 Å². The van der Waals surface area contributed by atoms with Gasteiger partial charge in [0.25, 0.3) is 0 Å². The largest absolute Gasteiger partial charge is 0.348 e. The summed E-state index contributed by atoms with van der Waals surface area (Å²) in [7, 11) is 0. The Labute approximate surface area is 146 Å². The SMILES string of the molecule is Cc1ccc([C@H](C)NC(=O)Cn2nnc(-c3ccccc3)n2)cc1C. The number of hydrogen-bond acceptors (Lipinski definition) is 4. The highest BCUT2D eigenvalue weighted by molar-refractivity contribution is 5.76. The van der Waals surface area contributed by atoms with Crippen molar-refractivity contribution in [2.24, 2.45) is 0 Å². The summed E-state index contributed by atoms with van der Waals surface area (Å²) in [5.41, 5.74) is 4.40. The molecule has 128 valence electrons. The highest BCUT2D eigenvalue weighted by atomic mass is 16.2. The number of aromatic nitrogens is 4. The van der Waals surface area contributed by atoms with Crippen molar-refractivity contribution in [2.45, 2.75) is 33.4 Å². The number of rotatable bonds is 5. The van der Waals surface area contributed by atoms with E-state index in [1.165, 1.54) is 15.9 Å². The van der Waals surface area contributed by atoms with Gasteiger partial charge in [-0.2, -0.15) is 4.80 Å². The number of carbonyl (C=O) groups is 1. The second-order valence-corrected chi connectivity index (χ2v) is 6.14. The van der Waals surface area contributed by atoms with Gasteiger partial charge in [0, 0.05) is 5.56 Å². The molecule has 2 aromatic carbocycles. The number of tetrazole rings is 1. The second kappa shape index (κ2) is 7.25. The van der Waals surface area contributed by atoms with Crippen molar-refractivity contribution >= 4 is 5.91 Å². The van der Waals surface area contributed by atoms with Crippen LogP contribution in [-0.4, -0.2) is 26.1 Å². The van der Waals surface area contributed by atoms with E-state index in [0.29, 0.717) is 5.82 Å². The maximum Gasteiger partial charge on any atom is 0.244 e. The lowest BCUT2D eigenvalue weighted by Crippen LogP contribution is -2.30. The molecule has 0 spiro atoms. The first-order valence-corrected chi connectivity index (χ1v) is 8.22. The third-order valence-corrected chi connectivity index (χ3v) is 4.18. The molecule has 6 heteroatoms. The zero-order valence-corrected chi connectivity index (χ0v) is 14.6. The first-order chi connectivity index (χ1) is 12.0. The molecule has 1 atom stereocenters. The molecule has 0 aliphatic heterocycles. The maximum atomic E-state index is 12.3. The summed E-state index contributed by atoms with van der Waals surface area (Å²) < 4.78 is 0. The predicted molar refractivity (Wildman–Crippen MR) is 95.7 cm³/mol. The highest BCUT2D eigenvalue weighted by Crippen LogP contribution is 2.17. The van der Waals surface area contributed by atoms with E-state index in [4.69, 9.17) is 0 Å². The van der Waals surface area contributed by atoms with Crippen molar-refractivity contribution in [3.8, 4) is 11.4 Å². The van der Waals surface area contributed by atoms with Crippen molar-refractivity contribution in [3.05, 3.63) is 65.2 Å². The Balaban J connectivity index is 1.62. The van der Waals surface area contributed by atoms with Crippen LogP contribution in [0.2, 0.25) is 0 Å². The van der Waals surface area contributed by atoms with Crippen LogP contribution >= 0.6 is 0 Å². The Bertz CT molecular complexity index is 873. The standard InChI is InChI=1S/C19H21N5O/c1-13-9-10-17(11-14(13)2)15(3)20-18(25)12-24-22-19(21-23-24)16-7-5-4-6-8-16/h4-11,15H,12H2,1-3H3,(H,20,25)/t15-/m0/s1. The van der Waals surface area contributed by atoms with Crippen LogP contribution in [0.1, 0.15) is 29.7 Å². The van der Waals surface area contributed by atoms with Gasteiger partial charge in [0.15, 0.2) is 0 Å². The minimum absolute atomic E-state index is 0.0367. The van der Waals surface area contributed by atoms with Crippen LogP contribution in [0.4, 0.5) is 0 Å². The van der Waals surface area contributed by atoms with E-state index in [1.54, 1.807) is 0 Å². The molecule has 1 aromatic heterocycles. The summed E-state index contributed by atoms with van der Waals surface area (Å²) in [6.07, 6.45) is 0. The lowest BCUT2D eigenvalue weighted by Gasteiger charge is -2.15. The van der Waals surface area contributed by atoms with E-state index in [-0.39, 0.29) is 18.5 Å². The lowest BCUT2D eigenvalue weighted by atomic mass is 10.0. The van der Waals surface area contributed by atoms with Gasteiger partial charge in [0.2, 0.25) is 11.7 Å². The van der Waals surface area contributed by atoms with Crippen molar-refractivity contribution in [3.63, 3.8) is 0 Å². The average Bonchev–Trinajstić information content (AvgIpc) is 3.06. The molecule has 0 unspecified atom stereocenters. The van der Waals surface area contributed by atoms with Crippen LogP contribution in [-0.2, 0) is 11.3 Å². The molecule has 1 amide bonds. The molecule has 0 bridgehead atoms. The number of nitrogens with zero attached hydrogens (tertiary/aromatic N) is 4. The monoisotopic (exact) mass is 335 g/mol. The normalized spacial score (nSPS) is 12.0. The maximum absolute atomic E-state index is 12.3. The second-order valence-electron chi connectivity index (χ2n) is 6.14. The fraction of sp³-hybridized carbons (Fsp3) is 0.263. The van der Waals surface area contributed by atoms with Crippen LogP contribution in [0.5, 0.6) is 0 Å². The predicted octanol–water partition coefficient (Wildman–Crippen LogP) is 2.83. The van der Waals surface area contributed by atoms with Gasteiger partial charge in [-0.15, -0.1) is 10.2 Å². The molecule has 0 saturated heterocycles. The molecule has 0 radical (unpaired) electrons. The molecule has 3 rings (SSSR count). The quantitative estimate of drug-likeness (QED) is 0.778. The minimum atomic E-state index is -0.150. The van der Waals surface area contributed by atoms with Gasteiger partial charge < -0.3 is 5.32 Å². The fourth-order valence-electron chi connectivity index (χ4n) is 2.55. The number of aryl methyl sites for hydroxylation is 2. The van der Waals surface area contributed by atoms with Crippen LogP contribution in [0.25, 0.3) is 11.4 Å². The third-order valence-electron chi connectivity index (χ3n) is 4.18. The van der Waals surface area contributed by atoms with E-state index >= 15 is 0 Å². The molecular formula is C19H21N5O. The molecule has 0 aliphatic carbocycles. The molecule has 0 fully saturated rings. The first kappa shape index (κ1) is 16.8. The first-order valence-electron chi connectivity index (χ1n) is 8.22. The van der Waals surface area contributed by atoms with Crippen molar-refractivity contribution in [1.29, 1.82) is 0 Å². The van der Waals surface area contributed by atoms with Crippen LogP contribution in [0.3, 0.4) is 0 Å². The van der Waals surface area contributed by atoms with Gasteiger partial charge in [-0.05, 0) is 42.7 Å². The van der Waals surface area contributed by atoms with Crippen molar-refractivity contribution < 1.29 is 4.79 Å². The molecule has 0 saturated carbocycles. The molecule has 1 heterocycles. The van der Waals surface area contributed by atoms with E-state index < -0.39 is 0 Å². The van der Waals surface area contributed by atoms with Crippen LogP contribution in [0.15, 0.2) is 48.5 Å². The average molecular weight is 335 g/mol. The zero-order chi connectivity index (χ0) is 17.8. The van der Waals surface area contributed by atoms with Crippen molar-refractivity contribution in [2.75, 3.05) is 0 Å². The summed E-state index contributed by atoms with van der Waals surface area (Å²) in [6, 6.07) is 15.7. The van der Waals surface area contributed by atoms with Crippen LogP contribution in [0, 0.1) is 13.8 Å². The van der Waals surface area contributed by atoms with Gasteiger partial charge in [0.1, 0.15) is 6.54 Å². The zero-order valence-electron chi connectivity index (χ0n) is 14.6. The molecule has 1 N–H and O–H groups in total.